The van der Waals surface area contributed by atoms with Crippen LogP contribution in [0.3, 0.4) is 0 Å². The molecular weight excluding hydrogens is 300 g/mol. The average molecular weight is 325 g/mol. The van der Waals surface area contributed by atoms with E-state index >= 15 is 0 Å². The third-order valence-corrected chi connectivity index (χ3v) is 4.15. The number of para-hydroxylation sites is 1. The van der Waals surface area contributed by atoms with Crippen molar-refractivity contribution in [3.63, 3.8) is 0 Å². The topological polar surface area (TPSA) is 32.8 Å². The number of esters is 1. The van der Waals surface area contributed by atoms with Crippen LogP contribution in [0.4, 0.5) is 5.69 Å². The van der Waals surface area contributed by atoms with Gasteiger partial charge in [0.2, 0.25) is 0 Å². The molecule has 122 valence electrons. The lowest BCUT2D eigenvalue weighted by atomic mass is 10.1. The van der Waals surface area contributed by atoms with Crippen molar-refractivity contribution in [2.24, 2.45) is 0 Å². The third-order valence-electron chi connectivity index (χ3n) is 3.88. The van der Waals surface area contributed by atoms with Gasteiger partial charge in [0.05, 0.1) is 17.9 Å². The lowest BCUT2D eigenvalue weighted by molar-refractivity contribution is 0.0505. The van der Waals surface area contributed by atoms with Gasteiger partial charge in [0.15, 0.2) is 0 Å². The van der Waals surface area contributed by atoms with Crippen molar-refractivity contribution in [2.45, 2.75) is 19.8 Å². The van der Waals surface area contributed by atoms with Gasteiger partial charge in [-0.3, -0.25) is 4.90 Å². The van der Waals surface area contributed by atoms with Crippen LogP contribution >= 0.6 is 11.6 Å². The molecule has 1 aliphatic rings. The molecule has 0 saturated carbocycles. The zero-order chi connectivity index (χ0) is 15.8. The van der Waals surface area contributed by atoms with Crippen LogP contribution in [-0.4, -0.2) is 56.1 Å². The smallest absolute Gasteiger partial charge is 0.340 e. The molecule has 0 bridgehead atoms. The molecule has 1 aromatic rings. The highest BCUT2D eigenvalue weighted by molar-refractivity contribution is 6.17. The number of nitrogens with zero attached hydrogens (tertiary/aromatic N) is 2. The van der Waals surface area contributed by atoms with Crippen LogP contribution in [0.1, 0.15) is 30.1 Å². The van der Waals surface area contributed by atoms with E-state index < -0.39 is 0 Å². The number of hydrogen-bond donors (Lipinski definition) is 0. The third kappa shape index (κ3) is 4.62. The fourth-order valence-electron chi connectivity index (χ4n) is 2.69. The van der Waals surface area contributed by atoms with E-state index in [0.29, 0.717) is 18.1 Å². The number of hydrogen-bond acceptors (Lipinski definition) is 4. The Morgan fingerprint density at radius 1 is 1.23 bits per heavy atom. The summed E-state index contributed by atoms with van der Waals surface area (Å²) in [6.07, 6.45) is 1.87. The summed E-state index contributed by atoms with van der Waals surface area (Å²) in [6.45, 7) is 7.40. The van der Waals surface area contributed by atoms with E-state index in [0.717, 1.165) is 51.3 Å². The second-order valence-corrected chi connectivity index (χ2v) is 5.90. The molecule has 1 aromatic carbocycles. The zero-order valence-electron chi connectivity index (χ0n) is 13.3. The molecule has 1 fully saturated rings. The van der Waals surface area contributed by atoms with Crippen LogP contribution in [0.15, 0.2) is 24.3 Å². The molecule has 22 heavy (non-hydrogen) atoms. The van der Waals surface area contributed by atoms with Crippen molar-refractivity contribution in [3.8, 4) is 0 Å². The zero-order valence-corrected chi connectivity index (χ0v) is 14.0. The molecule has 1 heterocycles. The molecular formula is C17H25ClN2O2. The quantitative estimate of drug-likeness (QED) is 0.570. The van der Waals surface area contributed by atoms with Gasteiger partial charge in [0.1, 0.15) is 0 Å². The first kappa shape index (κ1) is 17.1. The summed E-state index contributed by atoms with van der Waals surface area (Å²) < 4.78 is 5.29. The molecule has 0 aliphatic carbocycles. The summed E-state index contributed by atoms with van der Waals surface area (Å²) in [6, 6.07) is 7.73. The lowest BCUT2D eigenvalue weighted by Gasteiger charge is -2.36. The summed E-state index contributed by atoms with van der Waals surface area (Å²) in [5.41, 5.74) is 1.66. The minimum Gasteiger partial charge on any atom is -0.462 e. The highest BCUT2D eigenvalue weighted by atomic mass is 35.5. The first-order valence-electron chi connectivity index (χ1n) is 8.05. The van der Waals surface area contributed by atoms with Gasteiger partial charge in [-0.1, -0.05) is 19.1 Å². The van der Waals surface area contributed by atoms with Crippen molar-refractivity contribution >= 4 is 23.3 Å². The van der Waals surface area contributed by atoms with Crippen molar-refractivity contribution in [1.29, 1.82) is 0 Å². The Labute approximate surface area is 138 Å². The van der Waals surface area contributed by atoms with Gasteiger partial charge in [-0.15, -0.1) is 11.6 Å². The van der Waals surface area contributed by atoms with Crippen LogP contribution in [0.2, 0.25) is 0 Å². The fraction of sp³-hybridized carbons (Fsp3) is 0.588. The monoisotopic (exact) mass is 324 g/mol. The minimum atomic E-state index is -0.220. The summed E-state index contributed by atoms with van der Waals surface area (Å²) in [5.74, 6) is 0.494. The number of rotatable bonds is 7. The number of benzene rings is 1. The summed E-state index contributed by atoms with van der Waals surface area (Å²) in [7, 11) is 0. The van der Waals surface area contributed by atoms with E-state index in [1.165, 1.54) is 0 Å². The molecule has 0 aromatic heterocycles. The van der Waals surface area contributed by atoms with Crippen molar-refractivity contribution < 1.29 is 9.53 Å². The predicted molar refractivity (Wildman–Crippen MR) is 91.0 cm³/mol. The Morgan fingerprint density at radius 2 is 1.95 bits per heavy atom. The molecule has 0 radical (unpaired) electrons. The number of alkyl halides is 1. The molecule has 0 spiro atoms. The van der Waals surface area contributed by atoms with E-state index in [2.05, 4.69) is 9.80 Å². The summed E-state index contributed by atoms with van der Waals surface area (Å²) in [4.78, 5) is 16.9. The van der Waals surface area contributed by atoms with E-state index in [-0.39, 0.29) is 5.97 Å². The Bertz CT molecular complexity index is 473. The maximum Gasteiger partial charge on any atom is 0.340 e. The molecule has 0 N–H and O–H groups in total. The molecule has 5 heteroatoms. The van der Waals surface area contributed by atoms with Crippen LogP contribution in [0, 0.1) is 0 Å². The SMILES string of the molecule is CCCOC(=O)c1ccccc1N1CCN(CCCCl)CC1. The first-order valence-corrected chi connectivity index (χ1v) is 8.59. The molecule has 1 saturated heterocycles. The van der Waals surface area contributed by atoms with E-state index in [4.69, 9.17) is 16.3 Å². The number of ether oxygens (including phenoxy) is 1. The van der Waals surface area contributed by atoms with Crippen LogP contribution in [0.25, 0.3) is 0 Å². The van der Waals surface area contributed by atoms with E-state index in [1.54, 1.807) is 0 Å². The Hall–Kier alpha value is -1.26. The Kier molecular flexibility index (Phi) is 7.00. The van der Waals surface area contributed by atoms with Gasteiger partial charge in [0.25, 0.3) is 0 Å². The largest absolute Gasteiger partial charge is 0.462 e. The number of piperazine rings is 1. The molecule has 4 nitrogen and oxygen atoms in total. The maximum absolute atomic E-state index is 12.2. The highest BCUT2D eigenvalue weighted by Crippen LogP contribution is 2.22. The summed E-state index contributed by atoms with van der Waals surface area (Å²) >= 11 is 5.75. The van der Waals surface area contributed by atoms with Gasteiger partial charge in [-0.2, -0.15) is 0 Å². The van der Waals surface area contributed by atoms with Gasteiger partial charge >= 0.3 is 5.97 Å². The number of carbonyl (C=O) groups is 1. The second kappa shape index (κ2) is 9.01. The normalized spacial score (nSPS) is 15.8. The van der Waals surface area contributed by atoms with Crippen molar-refractivity contribution in [1.82, 2.24) is 4.90 Å². The second-order valence-electron chi connectivity index (χ2n) is 5.52. The van der Waals surface area contributed by atoms with Crippen LogP contribution in [-0.2, 0) is 4.74 Å². The standard InChI is InChI=1S/C17H25ClN2O2/c1-2-14-22-17(21)15-6-3-4-7-16(15)20-12-10-19(11-13-20)9-5-8-18/h3-4,6-7H,2,5,8-14H2,1H3. The van der Waals surface area contributed by atoms with Gasteiger partial charge in [0, 0.05) is 32.1 Å². The Balaban J connectivity index is 1.99. The van der Waals surface area contributed by atoms with Gasteiger partial charge in [-0.05, 0) is 31.5 Å². The molecule has 0 unspecified atom stereocenters. The first-order chi connectivity index (χ1) is 10.8. The average Bonchev–Trinajstić information content (AvgIpc) is 2.58. The lowest BCUT2D eigenvalue weighted by Crippen LogP contribution is -2.47. The minimum absolute atomic E-state index is 0.220. The summed E-state index contributed by atoms with van der Waals surface area (Å²) in [5, 5.41) is 0. The van der Waals surface area contributed by atoms with E-state index in [9.17, 15) is 4.79 Å². The fourth-order valence-corrected chi connectivity index (χ4v) is 2.81. The molecule has 2 rings (SSSR count). The number of anilines is 1. The Morgan fingerprint density at radius 3 is 2.64 bits per heavy atom. The highest BCUT2D eigenvalue weighted by Gasteiger charge is 2.21. The molecule has 0 atom stereocenters. The number of halogens is 1. The number of carbonyl (C=O) groups excluding carboxylic acids is 1. The predicted octanol–water partition coefficient (Wildman–Crippen LogP) is 3.00. The van der Waals surface area contributed by atoms with Gasteiger partial charge < -0.3 is 9.64 Å². The van der Waals surface area contributed by atoms with Crippen molar-refractivity contribution in [3.05, 3.63) is 29.8 Å². The molecule has 0 amide bonds. The van der Waals surface area contributed by atoms with Crippen molar-refractivity contribution in [2.75, 3.05) is 50.1 Å². The molecule has 1 aliphatic heterocycles. The van der Waals surface area contributed by atoms with E-state index in [1.807, 2.05) is 31.2 Å². The maximum atomic E-state index is 12.2. The van der Waals surface area contributed by atoms with Gasteiger partial charge in [-0.25, -0.2) is 4.79 Å². The van der Waals surface area contributed by atoms with Crippen LogP contribution in [0.5, 0.6) is 0 Å². The van der Waals surface area contributed by atoms with Crippen LogP contribution < -0.4 is 4.90 Å².